The van der Waals surface area contributed by atoms with Crippen LogP contribution in [0.2, 0.25) is 0 Å². The highest BCUT2D eigenvalue weighted by molar-refractivity contribution is 8.09. The van der Waals surface area contributed by atoms with Crippen LogP contribution in [0.3, 0.4) is 0 Å². The molecule has 0 amide bonds. The minimum absolute atomic E-state index is 0.474. The molecule has 1 aliphatic rings. The lowest BCUT2D eigenvalue weighted by Gasteiger charge is -2.01. The second-order valence-electron chi connectivity index (χ2n) is 2.65. The Morgan fingerprint density at radius 3 is 2.31 bits per heavy atom. The van der Waals surface area contributed by atoms with Gasteiger partial charge < -0.3 is 5.32 Å². The lowest BCUT2D eigenvalue weighted by Crippen LogP contribution is -2.09. The number of nitrogens with one attached hydrogen (secondary N) is 1. The van der Waals surface area contributed by atoms with Crippen LogP contribution in [-0.4, -0.2) is 10.4 Å². The van der Waals surface area contributed by atoms with E-state index in [2.05, 4.69) is 17.2 Å². The second-order valence-corrected chi connectivity index (χ2v) is 4.03. The lowest BCUT2D eigenvalue weighted by molar-refractivity contribution is 0.874. The van der Waals surface area contributed by atoms with E-state index in [0.29, 0.717) is 5.37 Å². The molecule has 0 bridgehead atoms. The quantitative estimate of drug-likeness (QED) is 0.797. The molecule has 2 nitrogen and oxygen atoms in total. The number of hydrogen-bond acceptors (Lipinski definition) is 3. The first-order valence-electron chi connectivity index (χ1n) is 5.90. The molecular formula is C13H22N2S. The van der Waals surface area contributed by atoms with Crippen LogP contribution in [0, 0.1) is 0 Å². The van der Waals surface area contributed by atoms with Gasteiger partial charge in [0.1, 0.15) is 0 Å². The van der Waals surface area contributed by atoms with Gasteiger partial charge in [0, 0.05) is 12.4 Å². The molecule has 3 heteroatoms. The van der Waals surface area contributed by atoms with Crippen molar-refractivity contribution >= 4 is 16.7 Å². The fourth-order valence-electron chi connectivity index (χ4n) is 1.09. The van der Waals surface area contributed by atoms with Crippen LogP contribution in [0.5, 0.6) is 0 Å². The number of thioether (sulfide) groups is 1. The Morgan fingerprint density at radius 1 is 1.19 bits per heavy atom. The van der Waals surface area contributed by atoms with E-state index in [4.69, 9.17) is 0 Å². The molecule has 2 heterocycles. The molecule has 1 N–H and O–H groups in total. The zero-order valence-corrected chi connectivity index (χ0v) is 11.6. The average molecular weight is 238 g/mol. The van der Waals surface area contributed by atoms with Crippen molar-refractivity contribution in [3.05, 3.63) is 36.3 Å². The maximum atomic E-state index is 4.27. The lowest BCUT2D eigenvalue weighted by atomic mass is 10.3. The molecule has 16 heavy (non-hydrogen) atoms. The van der Waals surface area contributed by atoms with Crippen LogP contribution in [0.4, 0.5) is 0 Å². The summed E-state index contributed by atoms with van der Waals surface area (Å²) in [5.74, 6) is 0. The van der Waals surface area contributed by atoms with E-state index in [1.807, 2.05) is 58.3 Å². The van der Waals surface area contributed by atoms with E-state index < -0.39 is 0 Å². The van der Waals surface area contributed by atoms with Crippen LogP contribution in [0.1, 0.15) is 40.3 Å². The molecule has 1 aromatic heterocycles. The zero-order valence-electron chi connectivity index (χ0n) is 10.8. The van der Waals surface area contributed by atoms with E-state index in [1.54, 1.807) is 11.8 Å². The first kappa shape index (κ1) is 15.0. The highest BCUT2D eigenvalue weighted by atomic mass is 32.2. The van der Waals surface area contributed by atoms with Gasteiger partial charge in [-0.1, -0.05) is 45.5 Å². The van der Waals surface area contributed by atoms with Gasteiger partial charge in [0.15, 0.2) is 0 Å². The Labute approximate surface area is 104 Å². The third-order valence-corrected chi connectivity index (χ3v) is 2.74. The van der Waals surface area contributed by atoms with Gasteiger partial charge in [-0.3, -0.25) is 4.98 Å². The Morgan fingerprint density at radius 2 is 1.88 bits per heavy atom. The zero-order chi connectivity index (χ0) is 12.4. The van der Waals surface area contributed by atoms with Gasteiger partial charge in [-0.2, -0.15) is 0 Å². The normalized spacial score (nSPS) is 17.1. The molecule has 0 saturated heterocycles. The maximum Gasteiger partial charge on any atom is 0.0780 e. The van der Waals surface area contributed by atoms with Crippen molar-refractivity contribution in [1.29, 1.82) is 0 Å². The average Bonchev–Trinajstić information content (AvgIpc) is 2.82. The molecule has 0 saturated carbocycles. The first-order chi connectivity index (χ1) is 7.86. The molecule has 1 aliphatic heterocycles. The Hall–Kier alpha value is -0.960. The van der Waals surface area contributed by atoms with Crippen LogP contribution in [0.15, 0.2) is 30.6 Å². The summed E-state index contributed by atoms with van der Waals surface area (Å²) in [7, 11) is 0. The number of hydrogen-bond donors (Lipinski definition) is 1. The molecule has 0 aromatic carbocycles. The van der Waals surface area contributed by atoms with Crippen molar-refractivity contribution < 1.29 is 0 Å². The molecular weight excluding hydrogens is 216 g/mol. The summed E-state index contributed by atoms with van der Waals surface area (Å²) in [6, 6.07) is 5.96. The summed E-state index contributed by atoms with van der Waals surface area (Å²) < 4.78 is 0. The summed E-state index contributed by atoms with van der Waals surface area (Å²) in [5, 5.41) is 3.70. The molecule has 0 spiro atoms. The molecule has 1 unspecified atom stereocenters. The maximum absolute atomic E-state index is 4.27. The van der Waals surface area contributed by atoms with Crippen LogP contribution >= 0.6 is 11.8 Å². The first-order valence-corrected chi connectivity index (χ1v) is 6.78. The van der Waals surface area contributed by atoms with Crippen LogP contribution in [0.25, 0.3) is 4.91 Å². The fourth-order valence-corrected chi connectivity index (χ4v) is 1.99. The highest BCUT2D eigenvalue weighted by Gasteiger charge is 2.13. The second kappa shape index (κ2) is 9.28. The summed E-state index contributed by atoms with van der Waals surface area (Å²) in [5.41, 5.74) is 1.05. The molecule has 2 rings (SSSR count). The van der Waals surface area contributed by atoms with E-state index >= 15 is 0 Å². The Kier molecular flexibility index (Phi) is 8.72. The number of rotatable bonds is 1. The Bertz CT molecular complexity index is 296. The standard InChI is InChI=1S/C9H10N2S.2C2H6/c1-7-11-6-9(12-7)8-4-2-3-5-10-8;2*1-2/h2-7,11H,1H3;2*1-2H3. The van der Waals surface area contributed by atoms with Gasteiger partial charge in [0.25, 0.3) is 0 Å². The van der Waals surface area contributed by atoms with E-state index in [0.717, 1.165) is 5.69 Å². The van der Waals surface area contributed by atoms with Gasteiger partial charge in [0.2, 0.25) is 0 Å². The van der Waals surface area contributed by atoms with Crippen molar-refractivity contribution in [2.24, 2.45) is 0 Å². The predicted octanol–water partition coefficient (Wildman–Crippen LogP) is 4.11. The number of pyridine rings is 1. The molecule has 1 aromatic rings. The van der Waals surface area contributed by atoms with E-state index in [9.17, 15) is 0 Å². The summed E-state index contributed by atoms with van der Waals surface area (Å²) in [6.45, 7) is 10.1. The summed E-state index contributed by atoms with van der Waals surface area (Å²) in [4.78, 5) is 5.49. The third-order valence-electron chi connectivity index (χ3n) is 1.67. The van der Waals surface area contributed by atoms with Gasteiger partial charge in [-0.15, -0.1) is 0 Å². The molecule has 1 atom stereocenters. The predicted molar refractivity (Wildman–Crippen MR) is 75.1 cm³/mol. The Balaban J connectivity index is 0.000000509. The summed E-state index contributed by atoms with van der Waals surface area (Å²) in [6.07, 6.45) is 3.84. The van der Waals surface area contributed by atoms with E-state index in [-0.39, 0.29) is 0 Å². The minimum atomic E-state index is 0.474. The van der Waals surface area contributed by atoms with Gasteiger partial charge in [0.05, 0.1) is 16.0 Å². The SMILES string of the molecule is CC.CC.CC1NC=C(c2ccccn2)S1. The van der Waals surface area contributed by atoms with Crippen LogP contribution in [-0.2, 0) is 0 Å². The molecule has 0 fully saturated rings. The van der Waals surface area contributed by atoms with Gasteiger partial charge >= 0.3 is 0 Å². The molecule has 0 radical (unpaired) electrons. The van der Waals surface area contributed by atoms with Gasteiger partial charge in [-0.05, 0) is 19.1 Å². The topological polar surface area (TPSA) is 24.9 Å². The summed E-state index contributed by atoms with van der Waals surface area (Å²) >= 11 is 1.81. The smallest absolute Gasteiger partial charge is 0.0780 e. The van der Waals surface area contributed by atoms with Gasteiger partial charge in [-0.25, -0.2) is 0 Å². The van der Waals surface area contributed by atoms with Crippen molar-refractivity contribution in [2.45, 2.75) is 40.0 Å². The van der Waals surface area contributed by atoms with Crippen molar-refractivity contribution in [2.75, 3.05) is 0 Å². The molecule has 90 valence electrons. The monoisotopic (exact) mass is 238 g/mol. The minimum Gasteiger partial charge on any atom is -0.378 e. The van der Waals surface area contributed by atoms with E-state index in [1.165, 1.54) is 4.91 Å². The van der Waals surface area contributed by atoms with Crippen molar-refractivity contribution in [3.8, 4) is 0 Å². The number of aromatic nitrogens is 1. The highest BCUT2D eigenvalue weighted by Crippen LogP contribution is 2.32. The largest absolute Gasteiger partial charge is 0.378 e. The van der Waals surface area contributed by atoms with Crippen molar-refractivity contribution in [3.63, 3.8) is 0 Å². The van der Waals surface area contributed by atoms with Crippen molar-refractivity contribution in [1.82, 2.24) is 10.3 Å². The number of nitrogens with zero attached hydrogens (tertiary/aromatic N) is 1. The fraction of sp³-hybridized carbons (Fsp3) is 0.462. The molecule has 0 aliphatic carbocycles. The van der Waals surface area contributed by atoms with Crippen LogP contribution < -0.4 is 5.32 Å². The third kappa shape index (κ3) is 4.71.